The van der Waals surface area contributed by atoms with Crippen LogP contribution in [-0.2, 0) is 14.8 Å². The average Bonchev–Trinajstić information content (AvgIpc) is 2.76. The van der Waals surface area contributed by atoms with E-state index in [1.807, 2.05) is 0 Å². The maximum atomic E-state index is 13.6. The lowest BCUT2D eigenvalue weighted by Gasteiger charge is -2.12. The standard InChI is InChI=1S/C11H13ClFNO3S/c12-9-4-1-5-10(11(9)13)14-18(15,16)7-8-3-2-6-17-8/h1,4-5,8,14H,2-3,6-7H2/t8-/m1/s1. The Labute approximate surface area is 110 Å². The van der Waals surface area contributed by atoms with Gasteiger partial charge in [0.2, 0.25) is 10.0 Å². The van der Waals surface area contributed by atoms with Crippen molar-refractivity contribution in [2.24, 2.45) is 0 Å². The zero-order valence-electron chi connectivity index (χ0n) is 9.53. The zero-order chi connectivity index (χ0) is 13.2. The van der Waals surface area contributed by atoms with Crippen molar-refractivity contribution in [3.8, 4) is 0 Å². The molecule has 1 fully saturated rings. The summed E-state index contributed by atoms with van der Waals surface area (Å²) in [5.74, 6) is -0.936. The van der Waals surface area contributed by atoms with Crippen LogP contribution in [0.15, 0.2) is 18.2 Å². The molecule has 1 heterocycles. The van der Waals surface area contributed by atoms with Crippen LogP contribution < -0.4 is 4.72 Å². The van der Waals surface area contributed by atoms with Gasteiger partial charge in [-0.1, -0.05) is 17.7 Å². The lowest BCUT2D eigenvalue weighted by atomic mass is 10.3. The van der Waals surface area contributed by atoms with Crippen molar-refractivity contribution in [2.45, 2.75) is 18.9 Å². The number of hydrogen-bond donors (Lipinski definition) is 1. The zero-order valence-corrected chi connectivity index (χ0v) is 11.1. The van der Waals surface area contributed by atoms with Crippen LogP contribution in [-0.4, -0.2) is 26.9 Å². The summed E-state index contributed by atoms with van der Waals surface area (Å²) in [7, 11) is -3.63. The van der Waals surface area contributed by atoms with E-state index in [0.717, 1.165) is 6.42 Å². The predicted molar refractivity (Wildman–Crippen MR) is 67.8 cm³/mol. The molecular weight excluding hydrogens is 281 g/mol. The number of rotatable bonds is 4. The smallest absolute Gasteiger partial charge is 0.235 e. The average molecular weight is 294 g/mol. The monoisotopic (exact) mass is 293 g/mol. The summed E-state index contributed by atoms with van der Waals surface area (Å²) in [6, 6.07) is 4.17. The molecule has 0 amide bonds. The molecule has 1 saturated heterocycles. The lowest BCUT2D eigenvalue weighted by molar-refractivity contribution is 0.127. The highest BCUT2D eigenvalue weighted by Crippen LogP contribution is 2.23. The number of hydrogen-bond acceptors (Lipinski definition) is 3. The van der Waals surface area contributed by atoms with Gasteiger partial charge >= 0.3 is 0 Å². The highest BCUT2D eigenvalue weighted by atomic mass is 35.5. The van der Waals surface area contributed by atoms with E-state index in [0.29, 0.717) is 13.0 Å². The number of benzene rings is 1. The van der Waals surface area contributed by atoms with Crippen LogP contribution in [0.1, 0.15) is 12.8 Å². The summed E-state index contributed by atoms with van der Waals surface area (Å²) in [4.78, 5) is 0. The van der Waals surface area contributed by atoms with Gasteiger partial charge in [0.05, 0.1) is 22.6 Å². The molecule has 1 atom stereocenters. The summed E-state index contributed by atoms with van der Waals surface area (Å²) in [6.07, 6.45) is 1.25. The molecule has 1 aromatic rings. The van der Waals surface area contributed by atoms with Crippen LogP contribution in [0.2, 0.25) is 5.02 Å². The van der Waals surface area contributed by atoms with Crippen LogP contribution in [0.5, 0.6) is 0 Å². The van der Waals surface area contributed by atoms with Gasteiger partial charge in [0.15, 0.2) is 5.82 Å². The van der Waals surface area contributed by atoms with Crippen molar-refractivity contribution in [3.05, 3.63) is 29.0 Å². The molecule has 2 rings (SSSR count). The largest absolute Gasteiger partial charge is 0.377 e. The van der Waals surface area contributed by atoms with Crippen molar-refractivity contribution in [1.29, 1.82) is 0 Å². The van der Waals surface area contributed by atoms with Gasteiger partial charge in [0, 0.05) is 6.61 Å². The molecule has 0 aromatic heterocycles. The lowest BCUT2D eigenvalue weighted by Crippen LogP contribution is -2.26. The Kier molecular flexibility index (Phi) is 4.09. The summed E-state index contributed by atoms with van der Waals surface area (Å²) in [5, 5.41) is -0.118. The van der Waals surface area contributed by atoms with E-state index in [2.05, 4.69) is 4.72 Å². The molecule has 7 heteroatoms. The van der Waals surface area contributed by atoms with Crippen LogP contribution in [0, 0.1) is 5.82 Å². The van der Waals surface area contributed by atoms with Gasteiger partial charge < -0.3 is 4.74 Å². The minimum atomic E-state index is -3.63. The molecule has 18 heavy (non-hydrogen) atoms. The molecule has 0 aliphatic carbocycles. The summed E-state index contributed by atoms with van der Waals surface area (Å²) < 4.78 is 44.6. The Hall–Kier alpha value is -0.850. The van der Waals surface area contributed by atoms with Crippen LogP contribution in [0.25, 0.3) is 0 Å². The molecular formula is C11H13ClFNO3S. The molecule has 1 aromatic carbocycles. The van der Waals surface area contributed by atoms with Gasteiger partial charge in [0.25, 0.3) is 0 Å². The van der Waals surface area contributed by atoms with E-state index in [1.54, 1.807) is 0 Å². The highest BCUT2D eigenvalue weighted by molar-refractivity contribution is 7.92. The SMILES string of the molecule is O=S(=O)(C[C@H]1CCCO1)Nc1cccc(Cl)c1F. The molecule has 100 valence electrons. The molecule has 1 aliphatic rings. The minimum absolute atomic E-state index is 0.118. The maximum Gasteiger partial charge on any atom is 0.235 e. The van der Waals surface area contributed by atoms with E-state index in [-0.39, 0.29) is 22.6 Å². The van der Waals surface area contributed by atoms with Gasteiger partial charge in [-0.05, 0) is 25.0 Å². The normalized spacial score (nSPS) is 20.0. The van der Waals surface area contributed by atoms with Crippen LogP contribution in [0.4, 0.5) is 10.1 Å². The van der Waals surface area contributed by atoms with Gasteiger partial charge in [-0.15, -0.1) is 0 Å². The van der Waals surface area contributed by atoms with Gasteiger partial charge in [-0.3, -0.25) is 4.72 Å². The fourth-order valence-corrected chi connectivity index (χ4v) is 3.32. The maximum absolute atomic E-state index is 13.6. The third-order valence-electron chi connectivity index (χ3n) is 2.65. The number of ether oxygens (including phenoxy) is 1. The first kappa shape index (κ1) is 13.6. The third kappa shape index (κ3) is 3.34. The Morgan fingerprint density at radius 1 is 1.50 bits per heavy atom. The van der Waals surface area contributed by atoms with E-state index < -0.39 is 15.8 Å². The Bertz CT molecular complexity index is 529. The first-order valence-electron chi connectivity index (χ1n) is 5.54. The summed E-state index contributed by atoms with van der Waals surface area (Å²) in [5.41, 5.74) is -0.138. The number of sulfonamides is 1. The molecule has 1 N–H and O–H groups in total. The van der Waals surface area contributed by atoms with Crippen molar-refractivity contribution in [3.63, 3.8) is 0 Å². The van der Waals surface area contributed by atoms with Crippen molar-refractivity contribution < 1.29 is 17.5 Å². The second-order valence-electron chi connectivity index (χ2n) is 4.12. The predicted octanol–water partition coefficient (Wildman–Crippen LogP) is 2.40. The van der Waals surface area contributed by atoms with E-state index in [9.17, 15) is 12.8 Å². The molecule has 0 spiro atoms. The van der Waals surface area contributed by atoms with Crippen molar-refractivity contribution in [1.82, 2.24) is 0 Å². The van der Waals surface area contributed by atoms with Gasteiger partial charge in [-0.2, -0.15) is 0 Å². The minimum Gasteiger partial charge on any atom is -0.377 e. The van der Waals surface area contributed by atoms with Crippen LogP contribution >= 0.6 is 11.6 Å². The van der Waals surface area contributed by atoms with Crippen LogP contribution in [0.3, 0.4) is 0 Å². The fourth-order valence-electron chi connectivity index (χ4n) is 1.81. The van der Waals surface area contributed by atoms with Gasteiger partial charge in [0.1, 0.15) is 0 Å². The molecule has 0 radical (unpaired) electrons. The molecule has 4 nitrogen and oxygen atoms in total. The van der Waals surface area contributed by atoms with E-state index >= 15 is 0 Å². The first-order chi connectivity index (χ1) is 8.48. The molecule has 0 saturated carbocycles. The second-order valence-corrected chi connectivity index (χ2v) is 6.29. The quantitative estimate of drug-likeness (QED) is 0.927. The summed E-state index contributed by atoms with van der Waals surface area (Å²) >= 11 is 5.58. The fraction of sp³-hybridized carbons (Fsp3) is 0.455. The van der Waals surface area contributed by atoms with E-state index in [4.69, 9.17) is 16.3 Å². The number of nitrogens with one attached hydrogen (secondary N) is 1. The first-order valence-corrected chi connectivity index (χ1v) is 7.57. The number of anilines is 1. The van der Waals surface area contributed by atoms with E-state index in [1.165, 1.54) is 18.2 Å². The summed E-state index contributed by atoms with van der Waals surface area (Å²) in [6.45, 7) is 0.575. The third-order valence-corrected chi connectivity index (χ3v) is 4.28. The Morgan fingerprint density at radius 3 is 2.94 bits per heavy atom. The van der Waals surface area contributed by atoms with Crippen molar-refractivity contribution >= 4 is 27.3 Å². The van der Waals surface area contributed by atoms with Gasteiger partial charge in [-0.25, -0.2) is 12.8 Å². The Balaban J connectivity index is 2.09. The van der Waals surface area contributed by atoms with Crippen molar-refractivity contribution in [2.75, 3.05) is 17.1 Å². The Morgan fingerprint density at radius 2 is 2.28 bits per heavy atom. The molecule has 0 bridgehead atoms. The molecule has 0 unspecified atom stereocenters. The molecule has 1 aliphatic heterocycles. The highest BCUT2D eigenvalue weighted by Gasteiger charge is 2.24. The topological polar surface area (TPSA) is 55.4 Å². The second kappa shape index (κ2) is 5.42. The number of halogens is 2.